The Morgan fingerprint density at radius 3 is 2.67 bits per heavy atom. The molecule has 0 aliphatic rings. The van der Waals surface area contributed by atoms with E-state index in [2.05, 4.69) is 5.10 Å². The summed E-state index contributed by atoms with van der Waals surface area (Å²) in [5.74, 6) is 0.558. The van der Waals surface area contributed by atoms with Gasteiger partial charge in [0.15, 0.2) is 11.5 Å². The van der Waals surface area contributed by atoms with Crippen molar-refractivity contribution in [3.05, 3.63) is 40.9 Å². The van der Waals surface area contributed by atoms with Crippen LogP contribution in [0.3, 0.4) is 0 Å². The number of carbonyl (C=O) groups is 1. The van der Waals surface area contributed by atoms with Crippen LogP contribution in [0.15, 0.2) is 30.3 Å². The SMILES string of the molecule is COc1ccccc1OC(=O)c1cc2c(C)nn(C)c2s1. The smallest absolute Gasteiger partial charge is 0.353 e. The standard InChI is InChI=1S/C15H14N2O3S/c1-9-10-8-13(21-14(10)17(2)16-9)15(18)20-12-7-5-4-6-11(12)19-3/h4-8H,1-3H3. The van der Waals surface area contributed by atoms with Crippen molar-refractivity contribution in [2.75, 3.05) is 7.11 Å². The first-order valence-electron chi connectivity index (χ1n) is 6.38. The van der Waals surface area contributed by atoms with Crippen LogP contribution < -0.4 is 9.47 Å². The van der Waals surface area contributed by atoms with Crippen LogP contribution >= 0.6 is 11.3 Å². The maximum atomic E-state index is 12.3. The van der Waals surface area contributed by atoms with Crippen LogP contribution in [0.5, 0.6) is 11.5 Å². The molecule has 108 valence electrons. The van der Waals surface area contributed by atoms with Crippen molar-refractivity contribution >= 4 is 27.5 Å². The Kier molecular flexibility index (Phi) is 3.39. The van der Waals surface area contributed by atoms with E-state index >= 15 is 0 Å². The highest BCUT2D eigenvalue weighted by Gasteiger charge is 2.18. The number of hydrogen-bond acceptors (Lipinski definition) is 5. The first-order chi connectivity index (χ1) is 10.1. The number of benzene rings is 1. The maximum Gasteiger partial charge on any atom is 0.353 e. The van der Waals surface area contributed by atoms with Crippen molar-refractivity contribution < 1.29 is 14.3 Å². The molecule has 0 aliphatic carbocycles. The molecule has 0 amide bonds. The second-order valence-corrected chi connectivity index (χ2v) is 5.61. The number of fused-ring (bicyclic) bond motifs is 1. The van der Waals surface area contributed by atoms with Crippen LogP contribution in [0.2, 0.25) is 0 Å². The molecule has 0 fully saturated rings. The van der Waals surface area contributed by atoms with Gasteiger partial charge in [0, 0.05) is 12.4 Å². The van der Waals surface area contributed by atoms with Crippen molar-refractivity contribution in [3.63, 3.8) is 0 Å². The highest BCUT2D eigenvalue weighted by atomic mass is 32.1. The van der Waals surface area contributed by atoms with Gasteiger partial charge in [0.25, 0.3) is 0 Å². The summed E-state index contributed by atoms with van der Waals surface area (Å²) >= 11 is 1.37. The molecule has 3 rings (SSSR count). The van der Waals surface area contributed by atoms with Crippen LogP contribution in [-0.4, -0.2) is 22.9 Å². The third kappa shape index (κ3) is 2.38. The lowest BCUT2D eigenvalue weighted by Crippen LogP contribution is -2.07. The van der Waals surface area contributed by atoms with Gasteiger partial charge in [-0.05, 0) is 25.1 Å². The first-order valence-corrected chi connectivity index (χ1v) is 7.20. The van der Waals surface area contributed by atoms with Crippen molar-refractivity contribution in [2.45, 2.75) is 6.92 Å². The predicted octanol–water partition coefficient (Wildman–Crippen LogP) is 3.17. The van der Waals surface area contributed by atoms with Crippen molar-refractivity contribution in [1.29, 1.82) is 0 Å². The van der Waals surface area contributed by atoms with Crippen LogP contribution in [0.4, 0.5) is 0 Å². The summed E-state index contributed by atoms with van der Waals surface area (Å²) in [4.78, 5) is 13.8. The van der Waals surface area contributed by atoms with Gasteiger partial charge in [-0.15, -0.1) is 11.3 Å². The van der Waals surface area contributed by atoms with E-state index in [0.29, 0.717) is 16.4 Å². The fraction of sp³-hybridized carbons (Fsp3) is 0.200. The van der Waals surface area contributed by atoms with Crippen LogP contribution in [0.1, 0.15) is 15.4 Å². The number of rotatable bonds is 3. The molecule has 3 aromatic rings. The number of nitrogens with zero attached hydrogens (tertiary/aromatic N) is 2. The zero-order valence-electron chi connectivity index (χ0n) is 11.9. The third-order valence-electron chi connectivity index (χ3n) is 3.17. The lowest BCUT2D eigenvalue weighted by atomic mass is 10.3. The molecule has 5 nitrogen and oxygen atoms in total. The van der Waals surface area contributed by atoms with E-state index in [1.165, 1.54) is 11.3 Å². The minimum atomic E-state index is -0.389. The number of aryl methyl sites for hydroxylation is 2. The number of esters is 1. The molecular formula is C15H14N2O3S. The molecule has 2 heterocycles. The van der Waals surface area contributed by atoms with Gasteiger partial charge in [0.05, 0.1) is 12.8 Å². The summed E-state index contributed by atoms with van der Waals surface area (Å²) in [7, 11) is 3.41. The molecule has 0 saturated carbocycles. The van der Waals surface area contributed by atoms with Crippen LogP contribution in [0.25, 0.3) is 10.2 Å². The summed E-state index contributed by atoms with van der Waals surface area (Å²) < 4.78 is 12.4. The summed E-state index contributed by atoms with van der Waals surface area (Å²) in [5, 5.41) is 5.30. The van der Waals surface area contributed by atoms with E-state index in [1.807, 2.05) is 26.1 Å². The van der Waals surface area contributed by atoms with Crippen molar-refractivity contribution in [1.82, 2.24) is 9.78 Å². The van der Waals surface area contributed by atoms with Gasteiger partial charge < -0.3 is 9.47 Å². The van der Waals surface area contributed by atoms with Gasteiger partial charge >= 0.3 is 5.97 Å². The van der Waals surface area contributed by atoms with E-state index < -0.39 is 0 Å². The highest BCUT2D eigenvalue weighted by molar-refractivity contribution is 7.20. The Bertz CT molecular complexity index is 785. The summed E-state index contributed by atoms with van der Waals surface area (Å²) in [6, 6.07) is 8.90. The average Bonchev–Trinajstić information content (AvgIpc) is 3.02. The number of methoxy groups -OCH3 is 1. The molecule has 0 bridgehead atoms. The first kappa shape index (κ1) is 13.6. The zero-order chi connectivity index (χ0) is 15.0. The predicted molar refractivity (Wildman–Crippen MR) is 81.3 cm³/mol. The molecule has 2 aromatic heterocycles. The highest BCUT2D eigenvalue weighted by Crippen LogP contribution is 2.31. The number of aromatic nitrogens is 2. The molecule has 0 aliphatic heterocycles. The summed E-state index contributed by atoms with van der Waals surface area (Å²) in [5.41, 5.74) is 0.903. The lowest BCUT2D eigenvalue weighted by Gasteiger charge is -2.07. The Hall–Kier alpha value is -2.34. The number of para-hydroxylation sites is 2. The van der Waals surface area contributed by atoms with Crippen LogP contribution in [0, 0.1) is 6.92 Å². The number of carbonyl (C=O) groups excluding carboxylic acids is 1. The van der Waals surface area contributed by atoms with Gasteiger partial charge in [0.2, 0.25) is 0 Å². The minimum absolute atomic E-state index is 0.389. The second kappa shape index (κ2) is 5.21. The molecule has 0 unspecified atom stereocenters. The molecule has 0 saturated heterocycles. The van der Waals surface area contributed by atoms with E-state index in [1.54, 1.807) is 30.0 Å². The van der Waals surface area contributed by atoms with Crippen molar-refractivity contribution in [2.24, 2.45) is 7.05 Å². The molecule has 1 aromatic carbocycles. The zero-order valence-corrected chi connectivity index (χ0v) is 12.7. The molecule has 21 heavy (non-hydrogen) atoms. The molecule has 6 heteroatoms. The second-order valence-electron chi connectivity index (χ2n) is 4.58. The normalized spacial score (nSPS) is 10.8. The average molecular weight is 302 g/mol. The minimum Gasteiger partial charge on any atom is -0.493 e. The number of thiophene rings is 1. The van der Waals surface area contributed by atoms with Gasteiger partial charge in [-0.2, -0.15) is 5.10 Å². The van der Waals surface area contributed by atoms with Crippen LogP contribution in [-0.2, 0) is 7.05 Å². The van der Waals surface area contributed by atoms with E-state index in [0.717, 1.165) is 15.9 Å². The maximum absolute atomic E-state index is 12.3. The fourth-order valence-corrected chi connectivity index (χ4v) is 3.16. The molecular weight excluding hydrogens is 288 g/mol. The summed E-state index contributed by atoms with van der Waals surface area (Å²) in [6.45, 7) is 1.92. The number of hydrogen-bond donors (Lipinski definition) is 0. The quantitative estimate of drug-likeness (QED) is 0.551. The van der Waals surface area contributed by atoms with E-state index in [-0.39, 0.29) is 5.97 Å². The molecule has 0 atom stereocenters. The monoisotopic (exact) mass is 302 g/mol. The summed E-state index contributed by atoms with van der Waals surface area (Å²) in [6.07, 6.45) is 0. The van der Waals surface area contributed by atoms with Gasteiger partial charge in [-0.1, -0.05) is 12.1 Å². The van der Waals surface area contributed by atoms with Gasteiger partial charge in [-0.3, -0.25) is 4.68 Å². The third-order valence-corrected chi connectivity index (χ3v) is 4.35. The Morgan fingerprint density at radius 2 is 2.00 bits per heavy atom. The van der Waals surface area contributed by atoms with Gasteiger partial charge in [0.1, 0.15) is 9.71 Å². The largest absolute Gasteiger partial charge is 0.493 e. The molecule has 0 N–H and O–H groups in total. The Morgan fingerprint density at radius 1 is 1.29 bits per heavy atom. The lowest BCUT2D eigenvalue weighted by molar-refractivity contribution is 0.0735. The fourth-order valence-electron chi connectivity index (χ4n) is 2.16. The van der Waals surface area contributed by atoms with E-state index in [9.17, 15) is 4.79 Å². The van der Waals surface area contributed by atoms with Gasteiger partial charge in [-0.25, -0.2) is 4.79 Å². The molecule has 0 radical (unpaired) electrons. The molecule has 0 spiro atoms. The Labute approximate surface area is 125 Å². The Balaban J connectivity index is 1.92. The van der Waals surface area contributed by atoms with Crippen molar-refractivity contribution in [3.8, 4) is 11.5 Å². The number of ether oxygens (including phenoxy) is 2. The topological polar surface area (TPSA) is 53.4 Å². The van der Waals surface area contributed by atoms with E-state index in [4.69, 9.17) is 9.47 Å².